The predicted octanol–water partition coefficient (Wildman–Crippen LogP) is 5.38. The van der Waals surface area contributed by atoms with Crippen molar-refractivity contribution in [2.75, 3.05) is 19.6 Å². The number of carbonyl (C=O) groups is 2. The molecule has 2 aromatic rings. The molecule has 2 aliphatic rings. The molecule has 1 aromatic heterocycles. The number of likely N-dealkylation sites (tertiary alicyclic amines) is 1. The second-order valence-electron chi connectivity index (χ2n) is 12.1. The van der Waals surface area contributed by atoms with E-state index in [9.17, 15) is 14.0 Å². The van der Waals surface area contributed by atoms with Crippen LogP contribution in [0.5, 0.6) is 11.6 Å². The van der Waals surface area contributed by atoms with Gasteiger partial charge in [-0.2, -0.15) is 0 Å². The Hall–Kier alpha value is -3.05. The van der Waals surface area contributed by atoms with Gasteiger partial charge in [0.15, 0.2) is 0 Å². The fraction of sp³-hybridized carbons (Fsp3) is 0.607. The van der Waals surface area contributed by atoms with E-state index in [0.29, 0.717) is 31.6 Å². The Balaban J connectivity index is 1.60. The van der Waals surface area contributed by atoms with Crippen molar-refractivity contribution in [3.05, 3.63) is 40.6 Å². The summed E-state index contributed by atoms with van der Waals surface area (Å²) in [5, 5.41) is 11.4. The number of carbonyl (C=O) groups excluding carboxylic acids is 2. The van der Waals surface area contributed by atoms with Gasteiger partial charge in [0.25, 0.3) is 11.8 Å². The Labute approximate surface area is 239 Å². The van der Waals surface area contributed by atoms with E-state index in [1.54, 1.807) is 9.80 Å². The lowest BCUT2D eigenvalue weighted by Gasteiger charge is -2.54. The SMILES string of the molecule is CC(C)N(C(=O)c1cc(F)ccc1Oc1nnc(Cl)nc1C1NCC12CCN(C(=O)OC(C)(C)C)CC2)C(C)C. The molecule has 2 amide bonds. The zero-order chi connectivity index (χ0) is 29.4. The molecule has 2 aliphatic heterocycles. The molecule has 218 valence electrons. The Morgan fingerprint density at radius 2 is 1.80 bits per heavy atom. The van der Waals surface area contributed by atoms with E-state index in [0.717, 1.165) is 6.54 Å². The molecule has 1 aromatic carbocycles. The molecule has 10 nitrogen and oxygen atoms in total. The lowest BCUT2D eigenvalue weighted by Crippen LogP contribution is -2.61. The zero-order valence-corrected chi connectivity index (χ0v) is 24.9. The highest BCUT2D eigenvalue weighted by atomic mass is 35.5. The van der Waals surface area contributed by atoms with E-state index in [4.69, 9.17) is 21.1 Å². The first-order valence-electron chi connectivity index (χ1n) is 13.6. The molecule has 0 saturated carbocycles. The van der Waals surface area contributed by atoms with Gasteiger partial charge in [-0.15, -0.1) is 10.2 Å². The van der Waals surface area contributed by atoms with Crippen LogP contribution in [-0.4, -0.2) is 74.3 Å². The van der Waals surface area contributed by atoms with Crippen LogP contribution in [0.25, 0.3) is 0 Å². The fourth-order valence-electron chi connectivity index (χ4n) is 5.44. The van der Waals surface area contributed by atoms with E-state index in [2.05, 4.69) is 20.5 Å². The van der Waals surface area contributed by atoms with Gasteiger partial charge in [-0.25, -0.2) is 14.2 Å². The predicted molar refractivity (Wildman–Crippen MR) is 148 cm³/mol. The highest BCUT2D eigenvalue weighted by Gasteiger charge is 2.51. The number of amides is 2. The maximum atomic E-state index is 14.3. The molecule has 2 saturated heterocycles. The van der Waals surface area contributed by atoms with E-state index in [1.165, 1.54) is 18.2 Å². The number of hydrogen-bond donors (Lipinski definition) is 1. The van der Waals surface area contributed by atoms with E-state index < -0.39 is 11.4 Å². The Morgan fingerprint density at radius 1 is 1.15 bits per heavy atom. The molecule has 1 atom stereocenters. The molecule has 1 spiro atoms. The van der Waals surface area contributed by atoms with Crippen LogP contribution in [0, 0.1) is 11.2 Å². The van der Waals surface area contributed by atoms with Crippen LogP contribution in [-0.2, 0) is 4.74 Å². The number of ether oxygens (including phenoxy) is 2. The summed E-state index contributed by atoms with van der Waals surface area (Å²) in [5.74, 6) is -0.689. The summed E-state index contributed by atoms with van der Waals surface area (Å²) < 4.78 is 26.0. The van der Waals surface area contributed by atoms with Gasteiger partial charge in [-0.05, 0) is 91.1 Å². The highest BCUT2D eigenvalue weighted by molar-refractivity contribution is 6.28. The summed E-state index contributed by atoms with van der Waals surface area (Å²) in [6.07, 6.45) is 1.10. The standard InChI is InChI=1S/C28H38ClFN6O4/c1-16(2)36(17(3)4)24(37)19-14-18(30)8-9-20(19)39-23-21(32-25(29)34-33-23)22-28(15-31-22)10-12-35(13-11-28)26(38)40-27(5,6)7/h8-9,14,16-17,22,31H,10-13,15H2,1-7H3. The third-order valence-electron chi connectivity index (χ3n) is 7.34. The summed E-state index contributed by atoms with van der Waals surface area (Å²) in [5.41, 5.74) is -0.246. The Kier molecular flexibility index (Phi) is 8.56. The van der Waals surface area contributed by atoms with Crippen molar-refractivity contribution in [1.82, 2.24) is 30.3 Å². The Bertz CT molecular complexity index is 1250. The van der Waals surface area contributed by atoms with Crippen molar-refractivity contribution < 1.29 is 23.5 Å². The van der Waals surface area contributed by atoms with Crippen LogP contribution in [0.15, 0.2) is 18.2 Å². The first-order valence-corrected chi connectivity index (χ1v) is 14.0. The molecule has 12 heteroatoms. The molecular formula is C28H38ClFN6O4. The monoisotopic (exact) mass is 576 g/mol. The molecule has 1 N–H and O–H groups in total. The summed E-state index contributed by atoms with van der Waals surface area (Å²) in [7, 11) is 0. The molecule has 0 radical (unpaired) electrons. The number of hydrogen-bond acceptors (Lipinski definition) is 8. The van der Waals surface area contributed by atoms with Gasteiger partial charge in [0.2, 0.25) is 5.28 Å². The molecule has 3 heterocycles. The van der Waals surface area contributed by atoms with Crippen molar-refractivity contribution >= 4 is 23.6 Å². The van der Waals surface area contributed by atoms with Crippen LogP contribution in [0.1, 0.15) is 83.4 Å². The van der Waals surface area contributed by atoms with Gasteiger partial charge in [0.05, 0.1) is 11.6 Å². The topological polar surface area (TPSA) is 110 Å². The molecule has 0 aliphatic carbocycles. The van der Waals surface area contributed by atoms with E-state index in [-0.39, 0.29) is 58.0 Å². The van der Waals surface area contributed by atoms with Crippen LogP contribution in [0.3, 0.4) is 0 Å². The minimum absolute atomic E-state index is 0.0430. The van der Waals surface area contributed by atoms with E-state index in [1.807, 2.05) is 48.5 Å². The quantitative estimate of drug-likeness (QED) is 0.488. The smallest absolute Gasteiger partial charge is 0.410 e. The number of nitrogens with one attached hydrogen (secondary N) is 1. The number of benzene rings is 1. The van der Waals surface area contributed by atoms with Crippen molar-refractivity contribution in [3.63, 3.8) is 0 Å². The second-order valence-corrected chi connectivity index (χ2v) is 12.4. The average Bonchev–Trinajstić information content (AvgIpc) is 2.84. The number of aromatic nitrogens is 3. The molecule has 0 bridgehead atoms. The molecular weight excluding hydrogens is 539 g/mol. The van der Waals surface area contributed by atoms with Crippen molar-refractivity contribution in [2.45, 2.75) is 85.0 Å². The van der Waals surface area contributed by atoms with Gasteiger partial charge >= 0.3 is 6.09 Å². The van der Waals surface area contributed by atoms with Crippen molar-refractivity contribution in [2.24, 2.45) is 5.41 Å². The lowest BCUT2D eigenvalue weighted by atomic mass is 9.66. The summed E-state index contributed by atoms with van der Waals surface area (Å²) in [6.45, 7) is 14.9. The molecule has 2 fully saturated rings. The van der Waals surface area contributed by atoms with Crippen LogP contribution in [0.4, 0.5) is 9.18 Å². The van der Waals surface area contributed by atoms with Crippen LogP contribution < -0.4 is 10.1 Å². The third-order valence-corrected chi connectivity index (χ3v) is 7.50. The number of halogens is 2. The Morgan fingerprint density at radius 3 is 2.35 bits per heavy atom. The maximum Gasteiger partial charge on any atom is 0.410 e. The van der Waals surface area contributed by atoms with Gasteiger partial charge in [0.1, 0.15) is 22.9 Å². The summed E-state index contributed by atoms with van der Waals surface area (Å²) in [6, 6.07) is 3.32. The molecule has 40 heavy (non-hydrogen) atoms. The summed E-state index contributed by atoms with van der Waals surface area (Å²) >= 11 is 6.16. The van der Waals surface area contributed by atoms with Crippen LogP contribution in [0.2, 0.25) is 5.28 Å². The molecule has 4 rings (SSSR count). The van der Waals surface area contributed by atoms with Gasteiger partial charge in [0, 0.05) is 37.1 Å². The van der Waals surface area contributed by atoms with Gasteiger partial charge in [-0.1, -0.05) is 0 Å². The van der Waals surface area contributed by atoms with E-state index >= 15 is 0 Å². The number of piperidine rings is 1. The molecule has 1 unspecified atom stereocenters. The van der Waals surface area contributed by atoms with Crippen molar-refractivity contribution in [1.29, 1.82) is 0 Å². The van der Waals surface area contributed by atoms with Gasteiger partial charge < -0.3 is 24.6 Å². The average molecular weight is 577 g/mol. The highest BCUT2D eigenvalue weighted by Crippen LogP contribution is 2.50. The largest absolute Gasteiger partial charge is 0.444 e. The van der Waals surface area contributed by atoms with Crippen LogP contribution >= 0.6 is 11.6 Å². The van der Waals surface area contributed by atoms with Crippen molar-refractivity contribution in [3.8, 4) is 11.6 Å². The minimum atomic E-state index is -0.565. The zero-order valence-electron chi connectivity index (χ0n) is 24.1. The first kappa shape index (κ1) is 29.9. The van der Waals surface area contributed by atoms with Gasteiger partial charge in [-0.3, -0.25) is 4.79 Å². The normalized spacial score (nSPS) is 18.6. The lowest BCUT2D eigenvalue weighted by molar-refractivity contribution is -0.0197. The summed E-state index contributed by atoms with van der Waals surface area (Å²) in [4.78, 5) is 33.9. The fourth-order valence-corrected chi connectivity index (χ4v) is 5.57. The minimum Gasteiger partial charge on any atom is -0.444 e. The number of rotatable bonds is 6. The second kappa shape index (κ2) is 11.4. The first-order chi connectivity index (χ1) is 18.7. The maximum absolute atomic E-state index is 14.3. The number of nitrogens with zero attached hydrogens (tertiary/aromatic N) is 5. The third kappa shape index (κ3) is 6.30.